The number of likely N-dealkylation sites (tertiary alicyclic amines) is 1. The molecule has 0 unspecified atom stereocenters. The molecule has 0 aromatic heterocycles. The fraction of sp³-hybridized carbons (Fsp3) is 0.281. The van der Waals surface area contributed by atoms with E-state index in [0.717, 1.165) is 27.6 Å². The lowest BCUT2D eigenvalue weighted by Gasteiger charge is -2.39. The molecular weight excluding hydrogens is 542 g/mol. The van der Waals surface area contributed by atoms with Crippen LogP contribution < -0.4 is 14.2 Å². The maximum atomic E-state index is 12.2. The van der Waals surface area contributed by atoms with Gasteiger partial charge < -0.3 is 23.8 Å². The Kier molecular flexibility index (Phi) is 7.57. The van der Waals surface area contributed by atoms with Gasteiger partial charge in [-0.25, -0.2) is 13.2 Å². The van der Waals surface area contributed by atoms with E-state index in [0.29, 0.717) is 30.3 Å². The van der Waals surface area contributed by atoms with Crippen LogP contribution in [0.4, 0.5) is 4.79 Å². The van der Waals surface area contributed by atoms with Crippen molar-refractivity contribution in [3.05, 3.63) is 78.9 Å². The van der Waals surface area contributed by atoms with Gasteiger partial charge in [-0.3, -0.25) is 0 Å². The Morgan fingerprint density at radius 3 is 2.10 bits per heavy atom. The number of hydrogen-bond donors (Lipinski definition) is 0. The molecule has 0 bridgehead atoms. The van der Waals surface area contributed by atoms with Gasteiger partial charge in [-0.15, -0.1) is 0 Å². The maximum Gasteiger partial charge on any atom is 0.410 e. The molecule has 0 aliphatic carbocycles. The summed E-state index contributed by atoms with van der Waals surface area (Å²) in [5.74, 6) is 2.65. The van der Waals surface area contributed by atoms with Gasteiger partial charge in [0.1, 0.15) is 34.7 Å². The van der Waals surface area contributed by atoms with Crippen LogP contribution in [0.15, 0.2) is 83.8 Å². The first-order chi connectivity index (χ1) is 19.4. The number of benzene rings is 4. The first-order valence-corrected chi connectivity index (χ1v) is 15.1. The van der Waals surface area contributed by atoms with Gasteiger partial charge in [0.25, 0.3) is 0 Å². The van der Waals surface area contributed by atoms with Crippen LogP contribution in [0.1, 0.15) is 20.8 Å². The number of fused-ring (bicyclic) bond motifs is 1. The molecule has 214 valence electrons. The number of amides is 1. The summed E-state index contributed by atoms with van der Waals surface area (Å²) in [5, 5.41) is 1.82. The minimum Gasteiger partial charge on any atom is -0.497 e. The summed E-state index contributed by atoms with van der Waals surface area (Å²) in [6, 6.07) is 23.8. The monoisotopic (exact) mass is 575 g/mol. The third kappa shape index (κ3) is 6.57. The van der Waals surface area contributed by atoms with Crippen LogP contribution in [-0.4, -0.2) is 57.6 Å². The smallest absolute Gasteiger partial charge is 0.410 e. The van der Waals surface area contributed by atoms with Gasteiger partial charge in [0.15, 0.2) is 9.84 Å². The Bertz CT molecular complexity index is 1670. The molecule has 9 heteroatoms. The summed E-state index contributed by atoms with van der Waals surface area (Å²) >= 11 is 0. The summed E-state index contributed by atoms with van der Waals surface area (Å²) in [6.07, 6.45) is 0.745. The van der Waals surface area contributed by atoms with Crippen molar-refractivity contribution in [2.45, 2.75) is 37.4 Å². The van der Waals surface area contributed by atoms with Crippen molar-refractivity contribution < 1.29 is 32.2 Å². The fourth-order valence-electron chi connectivity index (χ4n) is 4.51. The standard InChI is InChI=1S/C32H33NO7S/c1-32(2,3)40-31(34)33-19-26(20-33)38-23-9-11-24(12-10-23)39-30-28(21-6-14-27(15-7-21)41(5,35)36)16-8-22-18-25(37-4)13-17-29(22)30/h6-18,26H,19-20H2,1-5H3. The molecule has 4 aromatic rings. The zero-order valence-electron chi connectivity index (χ0n) is 23.7. The van der Waals surface area contributed by atoms with Gasteiger partial charge in [0.05, 0.1) is 25.1 Å². The fourth-order valence-corrected chi connectivity index (χ4v) is 5.14. The third-order valence-electron chi connectivity index (χ3n) is 6.62. The second-order valence-corrected chi connectivity index (χ2v) is 13.0. The number of rotatable bonds is 7. The summed E-state index contributed by atoms with van der Waals surface area (Å²) in [7, 11) is -1.69. The van der Waals surface area contributed by atoms with Crippen LogP contribution in [0.2, 0.25) is 0 Å². The largest absolute Gasteiger partial charge is 0.497 e. The maximum absolute atomic E-state index is 12.2. The minimum atomic E-state index is -3.31. The summed E-state index contributed by atoms with van der Waals surface area (Å²) < 4.78 is 47.2. The SMILES string of the molecule is COc1ccc2c(Oc3ccc(OC4CN(C(=O)OC(C)(C)C)C4)cc3)c(-c3ccc(S(C)(=O)=O)cc3)ccc2c1. The second kappa shape index (κ2) is 11.0. The van der Waals surface area contributed by atoms with E-state index in [1.807, 2.05) is 75.4 Å². The highest BCUT2D eigenvalue weighted by molar-refractivity contribution is 7.90. The van der Waals surface area contributed by atoms with E-state index in [1.54, 1.807) is 36.3 Å². The Balaban J connectivity index is 1.36. The van der Waals surface area contributed by atoms with E-state index >= 15 is 0 Å². The highest BCUT2D eigenvalue weighted by atomic mass is 32.2. The predicted molar refractivity (Wildman–Crippen MR) is 158 cm³/mol. The average molecular weight is 576 g/mol. The van der Waals surface area contributed by atoms with Crippen LogP contribution in [-0.2, 0) is 14.6 Å². The quantitative estimate of drug-likeness (QED) is 0.242. The van der Waals surface area contributed by atoms with Gasteiger partial charge in [-0.1, -0.05) is 18.2 Å². The van der Waals surface area contributed by atoms with Gasteiger partial charge in [-0.05, 0) is 92.4 Å². The van der Waals surface area contributed by atoms with Crippen molar-refractivity contribution in [2.24, 2.45) is 0 Å². The summed E-state index contributed by atoms with van der Waals surface area (Å²) in [4.78, 5) is 14.0. The lowest BCUT2D eigenvalue weighted by molar-refractivity contribution is -0.0221. The molecule has 8 nitrogen and oxygen atoms in total. The molecule has 1 aliphatic rings. The normalized spacial score (nSPS) is 13.9. The lowest BCUT2D eigenvalue weighted by atomic mass is 9.99. The molecule has 1 heterocycles. The van der Waals surface area contributed by atoms with Gasteiger partial charge in [0, 0.05) is 17.2 Å². The van der Waals surface area contributed by atoms with Crippen LogP contribution in [0, 0.1) is 0 Å². The van der Waals surface area contributed by atoms with E-state index in [9.17, 15) is 13.2 Å². The van der Waals surface area contributed by atoms with E-state index in [-0.39, 0.29) is 17.1 Å². The van der Waals surface area contributed by atoms with Crippen molar-refractivity contribution in [3.8, 4) is 34.1 Å². The van der Waals surface area contributed by atoms with E-state index in [4.69, 9.17) is 18.9 Å². The zero-order valence-corrected chi connectivity index (χ0v) is 24.5. The topological polar surface area (TPSA) is 91.4 Å². The summed E-state index contributed by atoms with van der Waals surface area (Å²) in [6.45, 7) is 6.46. The van der Waals surface area contributed by atoms with Crippen molar-refractivity contribution in [2.75, 3.05) is 26.5 Å². The molecule has 1 aliphatic heterocycles. The molecule has 0 N–H and O–H groups in total. The molecule has 1 amide bonds. The molecule has 0 radical (unpaired) electrons. The average Bonchev–Trinajstić information content (AvgIpc) is 2.89. The molecule has 1 saturated heterocycles. The van der Waals surface area contributed by atoms with Gasteiger partial charge >= 0.3 is 6.09 Å². The van der Waals surface area contributed by atoms with E-state index < -0.39 is 15.4 Å². The molecule has 1 fully saturated rings. The number of sulfone groups is 1. The van der Waals surface area contributed by atoms with Crippen LogP contribution >= 0.6 is 0 Å². The van der Waals surface area contributed by atoms with Gasteiger partial charge in [-0.2, -0.15) is 0 Å². The molecule has 0 spiro atoms. The number of methoxy groups -OCH3 is 1. The van der Waals surface area contributed by atoms with E-state index in [1.165, 1.54) is 6.26 Å². The molecule has 41 heavy (non-hydrogen) atoms. The highest BCUT2D eigenvalue weighted by Gasteiger charge is 2.35. The van der Waals surface area contributed by atoms with Crippen molar-refractivity contribution in [3.63, 3.8) is 0 Å². The van der Waals surface area contributed by atoms with Crippen LogP contribution in [0.3, 0.4) is 0 Å². The Morgan fingerprint density at radius 2 is 1.49 bits per heavy atom. The predicted octanol–water partition coefficient (Wildman–Crippen LogP) is 6.71. The lowest BCUT2D eigenvalue weighted by Crippen LogP contribution is -2.57. The molecule has 0 saturated carbocycles. The van der Waals surface area contributed by atoms with Gasteiger partial charge in [0.2, 0.25) is 0 Å². The van der Waals surface area contributed by atoms with E-state index in [2.05, 4.69) is 0 Å². The first kappa shape index (κ1) is 28.3. The molecule has 5 rings (SSSR count). The number of carbonyl (C=O) groups is 1. The van der Waals surface area contributed by atoms with Crippen molar-refractivity contribution >= 4 is 26.7 Å². The second-order valence-electron chi connectivity index (χ2n) is 11.0. The summed E-state index contributed by atoms with van der Waals surface area (Å²) in [5.41, 5.74) is 1.11. The zero-order chi connectivity index (χ0) is 29.4. The highest BCUT2D eigenvalue weighted by Crippen LogP contribution is 2.41. The number of hydrogen-bond acceptors (Lipinski definition) is 7. The molecular formula is C32H33NO7S. The number of ether oxygens (including phenoxy) is 4. The Hall–Kier alpha value is -4.24. The third-order valence-corrected chi connectivity index (χ3v) is 7.75. The van der Waals surface area contributed by atoms with Crippen LogP contribution in [0.5, 0.6) is 23.0 Å². The molecule has 0 atom stereocenters. The first-order valence-electron chi connectivity index (χ1n) is 13.2. The van der Waals surface area contributed by atoms with Crippen LogP contribution in [0.25, 0.3) is 21.9 Å². The number of carbonyl (C=O) groups excluding carboxylic acids is 1. The van der Waals surface area contributed by atoms with Crippen molar-refractivity contribution in [1.29, 1.82) is 0 Å². The Labute approximate surface area is 240 Å². The number of nitrogens with zero attached hydrogens (tertiary/aromatic N) is 1. The minimum absolute atomic E-state index is 0.108. The molecule has 4 aromatic carbocycles. The Morgan fingerprint density at radius 1 is 0.854 bits per heavy atom. The van der Waals surface area contributed by atoms with Crippen molar-refractivity contribution in [1.82, 2.24) is 4.90 Å².